The Kier molecular flexibility index (Phi) is 4.32. The molecule has 0 heterocycles. The van der Waals surface area contributed by atoms with Crippen molar-refractivity contribution < 1.29 is 9.53 Å². The van der Waals surface area contributed by atoms with Crippen LogP contribution < -0.4 is 11.5 Å². The maximum absolute atomic E-state index is 11.5. The molecule has 0 fully saturated rings. The summed E-state index contributed by atoms with van der Waals surface area (Å²) in [6, 6.07) is 7.19. The highest BCUT2D eigenvalue weighted by molar-refractivity contribution is 5.89. The van der Waals surface area contributed by atoms with E-state index in [1.54, 1.807) is 12.1 Å². The lowest BCUT2D eigenvalue weighted by Crippen LogP contribution is -2.23. The molecule has 1 aromatic rings. The number of hydrogen-bond donors (Lipinski definition) is 2. The third kappa shape index (κ3) is 4.00. The number of aliphatic imine (C=N–C) groups is 1. The van der Waals surface area contributed by atoms with Crippen molar-refractivity contribution in [2.75, 3.05) is 13.2 Å². The molecule has 0 radical (unpaired) electrons. The number of rotatable bonds is 4. The van der Waals surface area contributed by atoms with Gasteiger partial charge in [0.05, 0.1) is 12.1 Å². The first-order chi connectivity index (χ1) is 7.59. The Morgan fingerprint density at radius 3 is 2.81 bits per heavy atom. The molecule has 0 saturated carbocycles. The summed E-state index contributed by atoms with van der Waals surface area (Å²) in [5.74, 6) is -0.374. The number of esters is 1. The van der Waals surface area contributed by atoms with Crippen LogP contribution in [0.2, 0.25) is 0 Å². The van der Waals surface area contributed by atoms with Gasteiger partial charge >= 0.3 is 5.97 Å². The summed E-state index contributed by atoms with van der Waals surface area (Å²) in [4.78, 5) is 15.2. The summed E-state index contributed by atoms with van der Waals surface area (Å²) in [6.07, 6.45) is 0. The summed E-state index contributed by atoms with van der Waals surface area (Å²) in [5.41, 5.74) is 11.8. The highest BCUT2D eigenvalue weighted by Gasteiger charge is 2.05. The van der Waals surface area contributed by atoms with E-state index in [2.05, 4.69) is 4.99 Å². The first kappa shape index (κ1) is 12.0. The Hall–Kier alpha value is -2.04. The molecule has 0 saturated heterocycles. The van der Waals surface area contributed by atoms with Crippen molar-refractivity contribution in [1.29, 1.82) is 0 Å². The lowest BCUT2D eigenvalue weighted by Gasteiger charge is -2.03. The van der Waals surface area contributed by atoms with Gasteiger partial charge < -0.3 is 16.2 Å². The molecule has 0 aliphatic heterocycles. The molecule has 0 spiro atoms. The van der Waals surface area contributed by atoms with Gasteiger partial charge in [0.25, 0.3) is 0 Å². The Balaban J connectivity index is 2.44. The smallest absolute Gasteiger partial charge is 0.338 e. The van der Waals surface area contributed by atoms with Crippen molar-refractivity contribution in [2.45, 2.75) is 6.92 Å². The highest BCUT2D eigenvalue weighted by atomic mass is 16.5. The van der Waals surface area contributed by atoms with Crippen LogP contribution in [-0.4, -0.2) is 25.1 Å². The van der Waals surface area contributed by atoms with Crippen LogP contribution in [0.1, 0.15) is 15.9 Å². The summed E-state index contributed by atoms with van der Waals surface area (Å²) in [5, 5.41) is 0. The molecule has 5 heteroatoms. The number of benzene rings is 1. The fourth-order valence-corrected chi connectivity index (χ4v) is 1.17. The van der Waals surface area contributed by atoms with Gasteiger partial charge in [-0.3, -0.25) is 4.99 Å². The van der Waals surface area contributed by atoms with Crippen molar-refractivity contribution >= 4 is 11.9 Å². The van der Waals surface area contributed by atoms with E-state index >= 15 is 0 Å². The minimum Gasteiger partial charge on any atom is -0.460 e. The van der Waals surface area contributed by atoms with E-state index in [-0.39, 0.29) is 25.1 Å². The predicted octanol–water partition coefficient (Wildman–Crippen LogP) is 0.425. The fourth-order valence-electron chi connectivity index (χ4n) is 1.17. The number of nitrogens with two attached hydrogens (primary N) is 2. The number of aryl methyl sites for hydroxylation is 1. The van der Waals surface area contributed by atoms with Crippen molar-refractivity contribution in [3.8, 4) is 0 Å². The average molecular weight is 221 g/mol. The largest absolute Gasteiger partial charge is 0.460 e. The summed E-state index contributed by atoms with van der Waals surface area (Å²) in [6.45, 7) is 2.36. The molecule has 0 aromatic heterocycles. The van der Waals surface area contributed by atoms with Crippen molar-refractivity contribution in [1.82, 2.24) is 0 Å². The number of hydrogen-bond acceptors (Lipinski definition) is 3. The Morgan fingerprint density at radius 2 is 2.19 bits per heavy atom. The molecule has 1 rings (SSSR count). The molecule has 16 heavy (non-hydrogen) atoms. The van der Waals surface area contributed by atoms with Gasteiger partial charge in [-0.15, -0.1) is 0 Å². The second kappa shape index (κ2) is 5.75. The van der Waals surface area contributed by atoms with Gasteiger partial charge in [0.2, 0.25) is 0 Å². The molecule has 1 aromatic carbocycles. The molecular formula is C11H15N3O2. The van der Waals surface area contributed by atoms with E-state index in [1.165, 1.54) is 0 Å². The third-order valence-corrected chi connectivity index (χ3v) is 1.87. The van der Waals surface area contributed by atoms with Gasteiger partial charge in [-0.25, -0.2) is 4.79 Å². The monoisotopic (exact) mass is 221 g/mol. The first-order valence-electron chi connectivity index (χ1n) is 4.89. The molecule has 4 N–H and O–H groups in total. The number of carbonyl (C=O) groups is 1. The van der Waals surface area contributed by atoms with Crippen molar-refractivity contribution in [3.05, 3.63) is 35.4 Å². The molecular weight excluding hydrogens is 206 g/mol. The van der Waals surface area contributed by atoms with Crippen LogP contribution in [0.4, 0.5) is 0 Å². The second-order valence-electron chi connectivity index (χ2n) is 3.31. The zero-order valence-corrected chi connectivity index (χ0v) is 9.14. The van der Waals surface area contributed by atoms with E-state index in [1.807, 2.05) is 19.1 Å². The zero-order chi connectivity index (χ0) is 12.0. The predicted molar refractivity (Wildman–Crippen MR) is 62.1 cm³/mol. The quantitative estimate of drug-likeness (QED) is 0.334. The van der Waals surface area contributed by atoms with Crippen LogP contribution in [0.15, 0.2) is 29.3 Å². The van der Waals surface area contributed by atoms with Gasteiger partial charge in [-0.1, -0.05) is 17.7 Å². The fraction of sp³-hybridized carbons (Fsp3) is 0.273. The van der Waals surface area contributed by atoms with Crippen LogP contribution in [0.3, 0.4) is 0 Å². The van der Waals surface area contributed by atoms with Gasteiger partial charge in [0.1, 0.15) is 6.61 Å². The van der Waals surface area contributed by atoms with Gasteiger partial charge in [0, 0.05) is 0 Å². The second-order valence-corrected chi connectivity index (χ2v) is 3.31. The van der Waals surface area contributed by atoms with Crippen LogP contribution in [-0.2, 0) is 4.74 Å². The summed E-state index contributed by atoms with van der Waals surface area (Å²) in [7, 11) is 0. The zero-order valence-electron chi connectivity index (χ0n) is 9.14. The minimum atomic E-state index is -0.366. The van der Waals surface area contributed by atoms with E-state index in [4.69, 9.17) is 16.2 Å². The summed E-state index contributed by atoms with van der Waals surface area (Å²) < 4.78 is 4.98. The first-order valence-corrected chi connectivity index (χ1v) is 4.89. The van der Waals surface area contributed by atoms with E-state index in [9.17, 15) is 4.79 Å². The Bertz CT molecular complexity index is 398. The molecule has 86 valence electrons. The van der Waals surface area contributed by atoms with Crippen molar-refractivity contribution in [3.63, 3.8) is 0 Å². The Morgan fingerprint density at radius 1 is 1.44 bits per heavy atom. The van der Waals surface area contributed by atoms with Crippen LogP contribution in [0.25, 0.3) is 0 Å². The standard InChI is InChI=1S/C11H15N3O2/c1-8-3-2-4-9(7-8)10(15)16-6-5-14-11(12)13/h2-4,7H,5-6H2,1H3,(H4,12,13,14). The molecule has 0 unspecified atom stereocenters. The Labute approximate surface area is 94.1 Å². The minimum absolute atomic E-state index is 0.00777. The third-order valence-electron chi connectivity index (χ3n) is 1.87. The normalized spacial score (nSPS) is 9.56. The van der Waals surface area contributed by atoms with Crippen LogP contribution in [0, 0.1) is 6.92 Å². The van der Waals surface area contributed by atoms with E-state index in [0.717, 1.165) is 5.56 Å². The molecule has 0 amide bonds. The van der Waals surface area contributed by atoms with E-state index < -0.39 is 0 Å². The molecule has 0 aliphatic carbocycles. The SMILES string of the molecule is Cc1cccc(C(=O)OCCN=C(N)N)c1. The molecule has 5 nitrogen and oxygen atoms in total. The maximum atomic E-state index is 11.5. The van der Waals surface area contributed by atoms with Crippen molar-refractivity contribution in [2.24, 2.45) is 16.5 Å². The van der Waals surface area contributed by atoms with Gasteiger partial charge in [-0.2, -0.15) is 0 Å². The highest BCUT2D eigenvalue weighted by Crippen LogP contribution is 2.05. The molecule has 0 bridgehead atoms. The molecule has 0 atom stereocenters. The maximum Gasteiger partial charge on any atom is 0.338 e. The number of nitrogens with zero attached hydrogens (tertiary/aromatic N) is 1. The number of guanidine groups is 1. The van der Waals surface area contributed by atoms with Gasteiger partial charge in [-0.05, 0) is 19.1 Å². The number of ether oxygens (including phenoxy) is 1. The lowest BCUT2D eigenvalue weighted by atomic mass is 10.1. The average Bonchev–Trinajstić information content (AvgIpc) is 2.24. The van der Waals surface area contributed by atoms with Crippen LogP contribution in [0.5, 0.6) is 0 Å². The summed E-state index contributed by atoms with van der Waals surface area (Å²) >= 11 is 0. The van der Waals surface area contributed by atoms with E-state index in [0.29, 0.717) is 5.56 Å². The number of carbonyl (C=O) groups excluding carboxylic acids is 1. The van der Waals surface area contributed by atoms with Crippen LogP contribution >= 0.6 is 0 Å². The molecule has 0 aliphatic rings. The lowest BCUT2D eigenvalue weighted by molar-refractivity contribution is 0.0517. The van der Waals surface area contributed by atoms with Gasteiger partial charge in [0.15, 0.2) is 5.96 Å². The topological polar surface area (TPSA) is 90.7 Å².